The van der Waals surface area contributed by atoms with E-state index in [-0.39, 0.29) is 5.91 Å². The fourth-order valence-corrected chi connectivity index (χ4v) is 2.15. The summed E-state index contributed by atoms with van der Waals surface area (Å²) in [6.07, 6.45) is 3.72. The van der Waals surface area contributed by atoms with Crippen LogP contribution in [-0.4, -0.2) is 32.7 Å². The van der Waals surface area contributed by atoms with Gasteiger partial charge in [0.25, 0.3) is 0 Å². The number of aromatic nitrogens is 4. The van der Waals surface area contributed by atoms with Gasteiger partial charge in [0.1, 0.15) is 12.1 Å². The number of benzene rings is 1. The van der Waals surface area contributed by atoms with E-state index in [0.717, 1.165) is 36.4 Å². The molecule has 0 atom stereocenters. The zero-order valence-corrected chi connectivity index (χ0v) is 11.0. The number of anilines is 1. The first-order chi connectivity index (χ1) is 9.81. The lowest BCUT2D eigenvalue weighted by atomic mass is 10.0. The van der Waals surface area contributed by atoms with Gasteiger partial charge in [-0.05, 0) is 40.6 Å². The number of ether oxygens (including phenoxy) is 1. The molecule has 7 heteroatoms. The Bertz CT molecular complexity index is 597. The van der Waals surface area contributed by atoms with Crippen LogP contribution in [0.2, 0.25) is 0 Å². The van der Waals surface area contributed by atoms with Crippen molar-refractivity contribution in [3.05, 3.63) is 30.1 Å². The van der Waals surface area contributed by atoms with E-state index < -0.39 is 0 Å². The van der Waals surface area contributed by atoms with Crippen molar-refractivity contribution in [2.45, 2.75) is 25.8 Å². The minimum atomic E-state index is 0.0765. The highest BCUT2D eigenvalue weighted by molar-refractivity contribution is 5.93. The molecule has 7 nitrogen and oxygen atoms in total. The molecule has 1 amide bonds. The highest BCUT2D eigenvalue weighted by Crippen LogP contribution is 2.26. The van der Waals surface area contributed by atoms with Crippen molar-refractivity contribution in [1.82, 2.24) is 20.2 Å². The number of nitrogens with zero attached hydrogens (tertiary/aromatic N) is 4. The van der Waals surface area contributed by atoms with E-state index in [1.807, 2.05) is 18.2 Å². The quantitative estimate of drug-likeness (QED) is 0.823. The van der Waals surface area contributed by atoms with Gasteiger partial charge in [-0.25, -0.2) is 4.68 Å². The standard InChI is InChI=1S/C13H15N5O2/c19-13-5-2-10-8-11(3-4-12(10)15-13)20-7-1-6-18-9-14-16-17-18/h3-4,8-9H,1-2,5-7H2,(H,15,19). The molecule has 20 heavy (non-hydrogen) atoms. The Balaban J connectivity index is 1.52. The van der Waals surface area contributed by atoms with Crippen LogP contribution >= 0.6 is 0 Å². The molecule has 3 rings (SSSR count). The Hall–Kier alpha value is -2.44. The van der Waals surface area contributed by atoms with E-state index in [1.165, 1.54) is 0 Å². The van der Waals surface area contributed by atoms with Gasteiger partial charge < -0.3 is 10.1 Å². The Morgan fingerprint density at radius 1 is 1.35 bits per heavy atom. The second-order valence-corrected chi connectivity index (χ2v) is 4.64. The third-order valence-corrected chi connectivity index (χ3v) is 3.16. The highest BCUT2D eigenvalue weighted by Gasteiger charge is 2.14. The van der Waals surface area contributed by atoms with E-state index in [4.69, 9.17) is 4.74 Å². The third-order valence-electron chi connectivity index (χ3n) is 3.16. The lowest BCUT2D eigenvalue weighted by molar-refractivity contribution is -0.116. The summed E-state index contributed by atoms with van der Waals surface area (Å²) < 4.78 is 7.37. The maximum Gasteiger partial charge on any atom is 0.224 e. The van der Waals surface area contributed by atoms with Crippen LogP contribution < -0.4 is 10.1 Å². The monoisotopic (exact) mass is 273 g/mol. The van der Waals surface area contributed by atoms with Gasteiger partial charge in [0, 0.05) is 25.1 Å². The summed E-state index contributed by atoms with van der Waals surface area (Å²) >= 11 is 0. The van der Waals surface area contributed by atoms with Crippen LogP contribution in [0.4, 0.5) is 5.69 Å². The Labute approximate surface area is 115 Å². The molecule has 0 saturated carbocycles. The molecule has 1 N–H and O–H groups in total. The van der Waals surface area contributed by atoms with Crippen molar-refractivity contribution < 1.29 is 9.53 Å². The average molecular weight is 273 g/mol. The van der Waals surface area contributed by atoms with E-state index in [2.05, 4.69) is 20.8 Å². The van der Waals surface area contributed by atoms with Crippen molar-refractivity contribution in [2.24, 2.45) is 0 Å². The number of amides is 1. The van der Waals surface area contributed by atoms with Gasteiger partial charge in [0.15, 0.2) is 0 Å². The molecule has 0 fully saturated rings. The van der Waals surface area contributed by atoms with E-state index >= 15 is 0 Å². The molecular formula is C13H15N5O2. The summed E-state index contributed by atoms with van der Waals surface area (Å²) in [5, 5.41) is 13.8. The molecular weight excluding hydrogens is 258 g/mol. The van der Waals surface area contributed by atoms with Crippen LogP contribution in [0, 0.1) is 0 Å². The molecule has 0 saturated heterocycles. The van der Waals surface area contributed by atoms with Gasteiger partial charge in [0.05, 0.1) is 6.61 Å². The van der Waals surface area contributed by atoms with Crippen molar-refractivity contribution in [2.75, 3.05) is 11.9 Å². The molecule has 0 radical (unpaired) electrons. The molecule has 0 unspecified atom stereocenters. The topological polar surface area (TPSA) is 81.9 Å². The molecule has 104 valence electrons. The lowest BCUT2D eigenvalue weighted by Crippen LogP contribution is -2.18. The molecule has 2 aromatic rings. The molecule has 1 aliphatic rings. The molecule has 2 heterocycles. The number of fused-ring (bicyclic) bond motifs is 1. The highest BCUT2D eigenvalue weighted by atomic mass is 16.5. The number of hydrogen-bond acceptors (Lipinski definition) is 5. The normalized spacial score (nSPS) is 13.7. The number of carbonyl (C=O) groups excluding carboxylic acids is 1. The van der Waals surface area contributed by atoms with Crippen molar-refractivity contribution in [3.8, 4) is 5.75 Å². The fourth-order valence-electron chi connectivity index (χ4n) is 2.15. The lowest BCUT2D eigenvalue weighted by Gasteiger charge is -2.17. The van der Waals surface area contributed by atoms with E-state index in [0.29, 0.717) is 13.0 Å². The van der Waals surface area contributed by atoms with E-state index in [1.54, 1.807) is 11.0 Å². The van der Waals surface area contributed by atoms with Gasteiger partial charge in [-0.2, -0.15) is 0 Å². The van der Waals surface area contributed by atoms with Crippen LogP contribution in [0.5, 0.6) is 5.75 Å². The zero-order chi connectivity index (χ0) is 13.8. The molecule has 0 spiro atoms. The van der Waals surface area contributed by atoms with Crippen LogP contribution in [0.25, 0.3) is 0 Å². The van der Waals surface area contributed by atoms with Gasteiger partial charge in [-0.3, -0.25) is 4.79 Å². The van der Waals surface area contributed by atoms with Crippen LogP contribution in [0.3, 0.4) is 0 Å². The van der Waals surface area contributed by atoms with Crippen molar-refractivity contribution in [3.63, 3.8) is 0 Å². The summed E-state index contributed by atoms with van der Waals surface area (Å²) in [5.41, 5.74) is 2.02. The number of tetrazole rings is 1. The first-order valence-corrected chi connectivity index (χ1v) is 6.57. The average Bonchev–Trinajstić information content (AvgIpc) is 2.97. The van der Waals surface area contributed by atoms with Crippen LogP contribution in [-0.2, 0) is 17.8 Å². The summed E-state index contributed by atoms with van der Waals surface area (Å²) in [5.74, 6) is 0.907. The summed E-state index contributed by atoms with van der Waals surface area (Å²) in [6, 6.07) is 5.76. The number of rotatable bonds is 5. The molecule has 0 aliphatic carbocycles. The first-order valence-electron chi connectivity index (χ1n) is 6.57. The minimum Gasteiger partial charge on any atom is -0.494 e. The summed E-state index contributed by atoms with van der Waals surface area (Å²) in [7, 11) is 0. The Kier molecular flexibility index (Phi) is 3.58. The van der Waals surface area contributed by atoms with Crippen molar-refractivity contribution in [1.29, 1.82) is 0 Å². The van der Waals surface area contributed by atoms with E-state index in [9.17, 15) is 4.79 Å². The minimum absolute atomic E-state index is 0.0765. The Morgan fingerprint density at radius 2 is 2.30 bits per heavy atom. The van der Waals surface area contributed by atoms with Crippen LogP contribution in [0.1, 0.15) is 18.4 Å². The Morgan fingerprint density at radius 3 is 3.15 bits per heavy atom. The van der Waals surface area contributed by atoms with Crippen LogP contribution in [0.15, 0.2) is 24.5 Å². The maximum absolute atomic E-state index is 11.3. The molecule has 1 aromatic heterocycles. The number of hydrogen-bond donors (Lipinski definition) is 1. The largest absolute Gasteiger partial charge is 0.494 e. The predicted octanol–water partition coefficient (Wildman–Crippen LogP) is 1.03. The smallest absolute Gasteiger partial charge is 0.224 e. The number of nitrogens with one attached hydrogen (secondary N) is 1. The third kappa shape index (κ3) is 2.93. The fraction of sp³-hybridized carbons (Fsp3) is 0.385. The second-order valence-electron chi connectivity index (χ2n) is 4.64. The second kappa shape index (κ2) is 5.68. The molecule has 1 aliphatic heterocycles. The first kappa shape index (κ1) is 12.6. The number of aryl methyl sites for hydroxylation is 2. The summed E-state index contributed by atoms with van der Waals surface area (Å²) in [4.78, 5) is 11.3. The molecule has 0 bridgehead atoms. The van der Waals surface area contributed by atoms with Crippen molar-refractivity contribution >= 4 is 11.6 Å². The summed E-state index contributed by atoms with van der Waals surface area (Å²) in [6.45, 7) is 1.33. The van der Waals surface area contributed by atoms with Gasteiger partial charge in [0.2, 0.25) is 5.91 Å². The SMILES string of the molecule is O=C1CCc2cc(OCCCn3cnnn3)ccc2N1. The maximum atomic E-state index is 11.3. The number of carbonyl (C=O) groups is 1. The van der Waals surface area contributed by atoms with Gasteiger partial charge in [-0.1, -0.05) is 0 Å². The zero-order valence-electron chi connectivity index (χ0n) is 11.0. The molecule has 1 aromatic carbocycles. The van der Waals surface area contributed by atoms with Gasteiger partial charge in [-0.15, -0.1) is 5.10 Å². The van der Waals surface area contributed by atoms with Gasteiger partial charge >= 0.3 is 0 Å². The predicted molar refractivity (Wildman–Crippen MR) is 71.3 cm³/mol.